The average Bonchev–Trinajstić information content (AvgIpc) is 3.22. The fourth-order valence-corrected chi connectivity index (χ4v) is 4.41. The molecular formula is C22H33N7O3. The lowest BCUT2D eigenvalue weighted by molar-refractivity contribution is -0.120. The second-order valence-corrected chi connectivity index (χ2v) is 8.05. The molecule has 1 aromatic rings. The van der Waals surface area contributed by atoms with Crippen molar-refractivity contribution in [3.8, 4) is 0 Å². The molecule has 1 amide bonds. The van der Waals surface area contributed by atoms with Crippen LogP contribution in [0.15, 0.2) is 46.6 Å². The number of hydrogen-bond acceptors (Lipinski definition) is 9. The number of rotatable bonds is 10. The molecule has 0 unspecified atom stereocenters. The predicted octanol–water partition coefficient (Wildman–Crippen LogP) is 1.44. The Bertz CT molecular complexity index is 833. The highest BCUT2D eigenvalue weighted by molar-refractivity contribution is 5.95. The minimum absolute atomic E-state index is 0.0158. The van der Waals surface area contributed by atoms with Crippen LogP contribution in [-0.4, -0.2) is 85.3 Å². The molecule has 1 saturated heterocycles. The van der Waals surface area contributed by atoms with E-state index >= 15 is 0 Å². The van der Waals surface area contributed by atoms with Gasteiger partial charge in [0.15, 0.2) is 5.94 Å². The molecule has 2 heterocycles. The fraction of sp³-hybridized carbons (Fsp3) is 0.591. The van der Waals surface area contributed by atoms with Crippen molar-refractivity contribution in [1.82, 2.24) is 14.9 Å². The number of methoxy groups -OCH3 is 1. The Kier molecular flexibility index (Phi) is 8.35. The average molecular weight is 444 g/mol. The third kappa shape index (κ3) is 5.16. The number of piperidine rings is 1. The van der Waals surface area contributed by atoms with Gasteiger partial charge in [0.05, 0.1) is 18.7 Å². The molecule has 0 aromatic heterocycles. The molecule has 0 bridgehead atoms. The standard InChI is InChI=1S/C22H33N7O3/c1-3-27-20(17-30)28(25-24-27)16-15-26-13-10-22(11-14-26,18-32-2)29(21(31)9-12-23)19-7-5-4-6-8-19/h4-8H,3,9-16,18,23H2,1-2H3. The van der Waals surface area contributed by atoms with Crippen LogP contribution in [0.25, 0.3) is 0 Å². The van der Waals surface area contributed by atoms with Crippen LogP contribution in [0, 0.1) is 0 Å². The van der Waals surface area contributed by atoms with Crippen LogP contribution in [0.2, 0.25) is 0 Å². The van der Waals surface area contributed by atoms with E-state index in [1.54, 1.807) is 12.1 Å². The second-order valence-electron chi connectivity index (χ2n) is 8.05. The first-order valence-electron chi connectivity index (χ1n) is 11.1. The number of hydrogen-bond donors (Lipinski definition) is 1. The quantitative estimate of drug-likeness (QED) is 0.545. The van der Waals surface area contributed by atoms with E-state index in [9.17, 15) is 9.59 Å². The number of nitrogens with two attached hydrogens (primary N) is 1. The highest BCUT2D eigenvalue weighted by atomic mass is 16.5. The predicted molar refractivity (Wildman–Crippen MR) is 121 cm³/mol. The normalized spacial score (nSPS) is 18.2. The maximum absolute atomic E-state index is 13.1. The van der Waals surface area contributed by atoms with Crippen molar-refractivity contribution < 1.29 is 14.3 Å². The van der Waals surface area contributed by atoms with Gasteiger partial charge < -0.3 is 20.3 Å². The summed E-state index contributed by atoms with van der Waals surface area (Å²) in [6, 6.07) is 9.75. The monoisotopic (exact) mass is 443 g/mol. The number of nitrogens with zero attached hydrogens (tertiary/aromatic N) is 6. The SMILES string of the molecule is CCN1N=NN(CCN2CCC(COC)(N(C(=O)CCN)c3ccccc3)CC2)C1=C=O. The van der Waals surface area contributed by atoms with Gasteiger partial charge in [-0.15, -0.1) is 0 Å². The van der Waals surface area contributed by atoms with Gasteiger partial charge in [0.25, 0.3) is 0 Å². The lowest BCUT2D eigenvalue weighted by Gasteiger charge is -2.48. The van der Waals surface area contributed by atoms with E-state index in [1.165, 1.54) is 5.01 Å². The lowest BCUT2D eigenvalue weighted by Crippen LogP contribution is -2.60. The van der Waals surface area contributed by atoms with E-state index in [0.29, 0.717) is 38.5 Å². The van der Waals surface area contributed by atoms with Gasteiger partial charge in [0.2, 0.25) is 11.7 Å². The van der Waals surface area contributed by atoms with Gasteiger partial charge in [-0.3, -0.25) is 4.79 Å². The van der Waals surface area contributed by atoms with E-state index in [4.69, 9.17) is 10.5 Å². The summed E-state index contributed by atoms with van der Waals surface area (Å²) >= 11 is 0. The highest BCUT2D eigenvalue weighted by Crippen LogP contribution is 2.34. The maximum Gasteiger partial charge on any atom is 0.235 e. The number of para-hydroxylation sites is 1. The molecule has 0 spiro atoms. The van der Waals surface area contributed by atoms with Crippen LogP contribution in [0.5, 0.6) is 0 Å². The zero-order chi connectivity index (χ0) is 23.0. The van der Waals surface area contributed by atoms with Gasteiger partial charge in [0, 0.05) is 51.9 Å². The number of carbonyl (C=O) groups excluding carboxylic acids is 2. The molecule has 0 saturated carbocycles. The topological polar surface area (TPSA) is 107 Å². The maximum atomic E-state index is 13.1. The van der Waals surface area contributed by atoms with Gasteiger partial charge in [-0.05, 0) is 42.3 Å². The summed E-state index contributed by atoms with van der Waals surface area (Å²) in [6.45, 7) is 6.11. The summed E-state index contributed by atoms with van der Waals surface area (Å²) in [5.74, 6) is 2.30. The van der Waals surface area contributed by atoms with Crippen molar-refractivity contribution in [3.05, 3.63) is 36.2 Å². The van der Waals surface area contributed by atoms with E-state index in [0.717, 1.165) is 38.2 Å². The summed E-state index contributed by atoms with van der Waals surface area (Å²) in [6.07, 6.45) is 1.83. The number of amides is 1. The Morgan fingerprint density at radius 2 is 1.88 bits per heavy atom. The summed E-state index contributed by atoms with van der Waals surface area (Å²) in [4.78, 5) is 28.6. The van der Waals surface area contributed by atoms with Crippen LogP contribution in [0.4, 0.5) is 5.69 Å². The largest absolute Gasteiger partial charge is 0.382 e. The number of likely N-dealkylation sites (tertiary alicyclic amines) is 1. The van der Waals surface area contributed by atoms with E-state index in [1.807, 2.05) is 48.1 Å². The first-order valence-corrected chi connectivity index (χ1v) is 11.1. The van der Waals surface area contributed by atoms with Crippen molar-refractivity contribution in [2.75, 3.05) is 57.9 Å². The third-order valence-corrected chi connectivity index (χ3v) is 6.06. The Labute approximate surface area is 189 Å². The second kappa shape index (κ2) is 11.2. The molecule has 2 aliphatic rings. The summed E-state index contributed by atoms with van der Waals surface area (Å²) < 4.78 is 5.61. The van der Waals surface area contributed by atoms with Crippen molar-refractivity contribution in [3.63, 3.8) is 0 Å². The molecular weight excluding hydrogens is 410 g/mol. The Hall–Kier alpha value is -2.78. The van der Waals surface area contributed by atoms with Crippen molar-refractivity contribution >= 4 is 17.5 Å². The van der Waals surface area contributed by atoms with Crippen molar-refractivity contribution in [1.29, 1.82) is 0 Å². The van der Waals surface area contributed by atoms with E-state index in [-0.39, 0.29) is 5.91 Å². The Balaban J connectivity index is 1.69. The molecule has 1 aromatic carbocycles. The Morgan fingerprint density at radius 3 is 2.47 bits per heavy atom. The van der Waals surface area contributed by atoms with Crippen molar-refractivity contribution in [2.45, 2.75) is 31.7 Å². The summed E-state index contributed by atoms with van der Waals surface area (Å²) in [5.41, 5.74) is 6.15. The zero-order valence-corrected chi connectivity index (χ0v) is 18.9. The molecule has 174 valence electrons. The molecule has 32 heavy (non-hydrogen) atoms. The van der Waals surface area contributed by atoms with Crippen LogP contribution in [0.1, 0.15) is 26.2 Å². The number of ether oxygens (including phenoxy) is 1. The smallest absolute Gasteiger partial charge is 0.235 e. The first kappa shape index (κ1) is 23.9. The first-order chi connectivity index (χ1) is 15.6. The summed E-state index contributed by atoms with van der Waals surface area (Å²) in [7, 11) is 1.68. The van der Waals surface area contributed by atoms with E-state index in [2.05, 4.69) is 15.3 Å². The van der Waals surface area contributed by atoms with Crippen LogP contribution >= 0.6 is 0 Å². The Morgan fingerprint density at radius 1 is 1.19 bits per heavy atom. The zero-order valence-electron chi connectivity index (χ0n) is 18.9. The molecule has 10 heteroatoms. The molecule has 2 aliphatic heterocycles. The number of benzene rings is 1. The molecule has 0 radical (unpaired) electrons. The number of carbonyl (C=O) groups is 1. The molecule has 0 atom stereocenters. The van der Waals surface area contributed by atoms with Crippen molar-refractivity contribution in [2.24, 2.45) is 16.2 Å². The van der Waals surface area contributed by atoms with Gasteiger partial charge in [-0.25, -0.2) is 14.8 Å². The summed E-state index contributed by atoms with van der Waals surface area (Å²) in [5, 5.41) is 11.2. The van der Waals surface area contributed by atoms with Gasteiger partial charge >= 0.3 is 0 Å². The molecule has 1 fully saturated rings. The minimum atomic E-state index is -0.431. The molecule has 3 rings (SSSR count). The minimum Gasteiger partial charge on any atom is -0.382 e. The third-order valence-electron chi connectivity index (χ3n) is 6.06. The van der Waals surface area contributed by atoms with E-state index < -0.39 is 5.54 Å². The lowest BCUT2D eigenvalue weighted by atomic mass is 9.85. The fourth-order valence-electron chi connectivity index (χ4n) is 4.41. The molecule has 0 aliphatic carbocycles. The van der Waals surface area contributed by atoms with Gasteiger partial charge in [-0.1, -0.05) is 18.2 Å². The molecule has 10 nitrogen and oxygen atoms in total. The van der Waals surface area contributed by atoms with Gasteiger partial charge in [0.1, 0.15) is 0 Å². The highest BCUT2D eigenvalue weighted by Gasteiger charge is 2.43. The van der Waals surface area contributed by atoms with Crippen LogP contribution in [-0.2, 0) is 14.3 Å². The molecule has 2 N–H and O–H groups in total. The van der Waals surface area contributed by atoms with Gasteiger partial charge in [-0.2, -0.15) is 0 Å². The van der Waals surface area contributed by atoms with Crippen LogP contribution in [0.3, 0.4) is 0 Å². The van der Waals surface area contributed by atoms with Crippen LogP contribution < -0.4 is 10.6 Å². The number of anilines is 1.